The lowest BCUT2D eigenvalue weighted by Crippen LogP contribution is -2.19. The summed E-state index contributed by atoms with van der Waals surface area (Å²) in [6.45, 7) is 0. The molecule has 6 heteroatoms. The van der Waals surface area contributed by atoms with Crippen LogP contribution in [-0.2, 0) is 4.79 Å². The van der Waals surface area contributed by atoms with Crippen molar-refractivity contribution in [3.8, 4) is 0 Å². The molecule has 2 rings (SSSR count). The van der Waals surface area contributed by atoms with Crippen LogP contribution >= 0.6 is 11.8 Å². The molecule has 19 heavy (non-hydrogen) atoms. The third-order valence-electron chi connectivity index (χ3n) is 2.08. The van der Waals surface area contributed by atoms with E-state index >= 15 is 0 Å². The molecule has 2 aromatic heterocycles. The molecular formula is C13H12N4OS. The maximum absolute atomic E-state index is 11.5. The SMILES string of the molecule is O=C(CSc1ccccn1)NN=Cc1cccnc1. The molecule has 0 spiro atoms. The van der Waals surface area contributed by atoms with Crippen molar-refractivity contribution in [2.45, 2.75) is 5.03 Å². The predicted octanol–water partition coefficient (Wildman–Crippen LogP) is 1.72. The Hall–Kier alpha value is -2.21. The zero-order chi connectivity index (χ0) is 13.3. The number of hydrogen-bond acceptors (Lipinski definition) is 5. The standard InChI is InChI=1S/C13H12N4OS/c18-12(10-19-13-5-1-2-7-15-13)17-16-9-11-4-3-6-14-8-11/h1-9H,10H2,(H,17,18). The Labute approximate surface area is 115 Å². The average Bonchev–Trinajstić information content (AvgIpc) is 2.47. The van der Waals surface area contributed by atoms with E-state index in [0.717, 1.165) is 10.6 Å². The van der Waals surface area contributed by atoms with Gasteiger partial charge in [0.05, 0.1) is 17.0 Å². The zero-order valence-corrected chi connectivity index (χ0v) is 10.9. The molecule has 0 aromatic carbocycles. The number of amides is 1. The van der Waals surface area contributed by atoms with Crippen LogP contribution in [-0.4, -0.2) is 27.8 Å². The second-order valence-corrected chi connectivity index (χ2v) is 4.53. The van der Waals surface area contributed by atoms with E-state index in [2.05, 4.69) is 20.5 Å². The molecule has 0 aliphatic rings. The number of hydrazone groups is 1. The molecule has 0 bridgehead atoms. The minimum atomic E-state index is -0.171. The van der Waals surface area contributed by atoms with Crippen LogP contribution in [0, 0.1) is 0 Å². The van der Waals surface area contributed by atoms with Gasteiger partial charge in [0.1, 0.15) is 0 Å². The fourth-order valence-corrected chi connectivity index (χ4v) is 1.89. The van der Waals surface area contributed by atoms with Crippen molar-refractivity contribution in [1.82, 2.24) is 15.4 Å². The highest BCUT2D eigenvalue weighted by Gasteiger charge is 2.01. The van der Waals surface area contributed by atoms with E-state index in [1.54, 1.807) is 30.9 Å². The normalized spacial score (nSPS) is 10.5. The van der Waals surface area contributed by atoms with Crippen LogP contribution in [0.4, 0.5) is 0 Å². The second kappa shape index (κ2) is 7.27. The van der Waals surface area contributed by atoms with E-state index in [-0.39, 0.29) is 11.7 Å². The van der Waals surface area contributed by atoms with Crippen LogP contribution in [0.2, 0.25) is 0 Å². The topological polar surface area (TPSA) is 67.2 Å². The van der Waals surface area contributed by atoms with E-state index in [4.69, 9.17) is 0 Å². The Morgan fingerprint density at radius 3 is 3.00 bits per heavy atom. The number of carbonyl (C=O) groups is 1. The summed E-state index contributed by atoms with van der Waals surface area (Å²) in [6.07, 6.45) is 6.59. The van der Waals surface area contributed by atoms with Gasteiger partial charge in [0.25, 0.3) is 0 Å². The molecular weight excluding hydrogens is 260 g/mol. The summed E-state index contributed by atoms with van der Waals surface area (Å²) in [5.41, 5.74) is 3.29. The molecule has 96 valence electrons. The fourth-order valence-electron chi connectivity index (χ4n) is 1.24. The van der Waals surface area contributed by atoms with Crippen molar-refractivity contribution in [2.75, 3.05) is 5.75 Å². The number of nitrogens with one attached hydrogen (secondary N) is 1. The summed E-state index contributed by atoms with van der Waals surface area (Å²) < 4.78 is 0. The van der Waals surface area contributed by atoms with Gasteiger partial charge in [0.15, 0.2) is 0 Å². The van der Waals surface area contributed by atoms with Gasteiger partial charge in [-0.05, 0) is 18.2 Å². The van der Waals surface area contributed by atoms with Gasteiger partial charge in [-0.1, -0.05) is 23.9 Å². The summed E-state index contributed by atoms with van der Waals surface area (Å²) in [7, 11) is 0. The lowest BCUT2D eigenvalue weighted by atomic mass is 10.3. The predicted molar refractivity (Wildman–Crippen MR) is 74.9 cm³/mol. The smallest absolute Gasteiger partial charge is 0.250 e. The average molecular weight is 272 g/mol. The number of thioether (sulfide) groups is 1. The van der Waals surface area contributed by atoms with Gasteiger partial charge < -0.3 is 0 Å². The number of rotatable bonds is 5. The van der Waals surface area contributed by atoms with E-state index in [0.29, 0.717) is 0 Å². The molecule has 0 unspecified atom stereocenters. The lowest BCUT2D eigenvalue weighted by molar-refractivity contribution is -0.118. The lowest BCUT2D eigenvalue weighted by Gasteiger charge is -1.99. The fraction of sp³-hybridized carbons (Fsp3) is 0.0769. The van der Waals surface area contributed by atoms with Crippen LogP contribution in [0.5, 0.6) is 0 Å². The van der Waals surface area contributed by atoms with Crippen LogP contribution in [0.3, 0.4) is 0 Å². The number of hydrogen-bond donors (Lipinski definition) is 1. The van der Waals surface area contributed by atoms with E-state index in [9.17, 15) is 4.79 Å². The highest BCUT2D eigenvalue weighted by atomic mass is 32.2. The summed E-state index contributed by atoms with van der Waals surface area (Å²) in [4.78, 5) is 19.6. The number of aromatic nitrogens is 2. The molecule has 0 fully saturated rings. The van der Waals surface area contributed by atoms with Crippen LogP contribution in [0.25, 0.3) is 0 Å². The van der Waals surface area contributed by atoms with Gasteiger partial charge in [0.2, 0.25) is 5.91 Å². The molecule has 0 saturated carbocycles. The first-order chi connectivity index (χ1) is 9.34. The minimum Gasteiger partial charge on any atom is -0.272 e. The highest BCUT2D eigenvalue weighted by molar-refractivity contribution is 7.99. The monoisotopic (exact) mass is 272 g/mol. The number of pyridine rings is 2. The Kier molecular flexibility index (Phi) is 5.06. The maximum atomic E-state index is 11.5. The first-order valence-corrected chi connectivity index (χ1v) is 6.59. The molecule has 1 amide bonds. The molecule has 2 heterocycles. The zero-order valence-electron chi connectivity index (χ0n) is 10.1. The van der Waals surface area contributed by atoms with Gasteiger partial charge in [0, 0.05) is 24.2 Å². The minimum absolute atomic E-state index is 0.171. The maximum Gasteiger partial charge on any atom is 0.250 e. The van der Waals surface area contributed by atoms with Crippen LogP contribution in [0.15, 0.2) is 59.0 Å². The van der Waals surface area contributed by atoms with Gasteiger partial charge in [-0.3, -0.25) is 9.78 Å². The molecule has 2 aromatic rings. The second-order valence-electron chi connectivity index (χ2n) is 3.54. The van der Waals surface area contributed by atoms with Gasteiger partial charge in [-0.15, -0.1) is 0 Å². The van der Waals surface area contributed by atoms with Gasteiger partial charge >= 0.3 is 0 Å². The largest absolute Gasteiger partial charge is 0.272 e. The van der Waals surface area contributed by atoms with E-state index < -0.39 is 0 Å². The summed E-state index contributed by atoms with van der Waals surface area (Å²) in [6, 6.07) is 9.23. The van der Waals surface area contributed by atoms with Crippen molar-refractivity contribution in [3.05, 3.63) is 54.5 Å². The molecule has 5 nitrogen and oxygen atoms in total. The molecule has 0 aliphatic carbocycles. The van der Waals surface area contributed by atoms with Gasteiger partial charge in [-0.2, -0.15) is 5.10 Å². The third kappa shape index (κ3) is 4.89. The third-order valence-corrected chi connectivity index (χ3v) is 3.02. The van der Waals surface area contributed by atoms with E-state index in [1.807, 2.05) is 24.3 Å². The Bertz CT molecular complexity index is 545. The first kappa shape index (κ1) is 13.2. The van der Waals surface area contributed by atoms with Crippen LogP contribution < -0.4 is 5.43 Å². The summed E-state index contributed by atoms with van der Waals surface area (Å²) >= 11 is 1.37. The molecule has 1 N–H and O–H groups in total. The van der Waals surface area contributed by atoms with Crippen molar-refractivity contribution < 1.29 is 4.79 Å². The molecule has 0 saturated heterocycles. The van der Waals surface area contributed by atoms with Crippen molar-refractivity contribution in [1.29, 1.82) is 0 Å². The van der Waals surface area contributed by atoms with E-state index in [1.165, 1.54) is 11.8 Å². The molecule has 0 radical (unpaired) electrons. The Morgan fingerprint density at radius 2 is 2.26 bits per heavy atom. The van der Waals surface area contributed by atoms with Crippen molar-refractivity contribution in [2.24, 2.45) is 5.10 Å². The first-order valence-electron chi connectivity index (χ1n) is 5.60. The van der Waals surface area contributed by atoms with Crippen molar-refractivity contribution in [3.63, 3.8) is 0 Å². The van der Waals surface area contributed by atoms with Crippen molar-refractivity contribution >= 4 is 23.9 Å². The molecule has 0 atom stereocenters. The molecule has 0 aliphatic heterocycles. The summed E-state index contributed by atoms with van der Waals surface area (Å²) in [5.74, 6) is 0.109. The highest BCUT2D eigenvalue weighted by Crippen LogP contribution is 2.12. The Morgan fingerprint density at radius 1 is 1.32 bits per heavy atom. The number of nitrogens with zero attached hydrogens (tertiary/aromatic N) is 3. The summed E-state index contributed by atoms with van der Waals surface area (Å²) in [5, 5.41) is 4.67. The van der Waals surface area contributed by atoms with Crippen LogP contribution in [0.1, 0.15) is 5.56 Å². The number of carbonyl (C=O) groups excluding carboxylic acids is 1. The Balaban J connectivity index is 1.75. The van der Waals surface area contributed by atoms with Gasteiger partial charge in [-0.25, -0.2) is 10.4 Å². The quantitative estimate of drug-likeness (QED) is 0.511.